The van der Waals surface area contributed by atoms with Gasteiger partial charge in [-0.05, 0) is 39.4 Å². The molecule has 1 rings (SSSR count). The fourth-order valence-electron chi connectivity index (χ4n) is 2.15. The van der Waals surface area contributed by atoms with Crippen molar-refractivity contribution in [2.24, 2.45) is 0 Å². The molecule has 0 saturated carbocycles. The molecule has 126 valence electrons. The van der Waals surface area contributed by atoms with Gasteiger partial charge in [0.15, 0.2) is 0 Å². The van der Waals surface area contributed by atoms with E-state index < -0.39 is 0 Å². The molecule has 0 fully saturated rings. The van der Waals surface area contributed by atoms with Gasteiger partial charge < -0.3 is 19.7 Å². The average Bonchev–Trinajstić information content (AvgIpc) is 2.51. The van der Waals surface area contributed by atoms with E-state index in [0.29, 0.717) is 24.9 Å². The van der Waals surface area contributed by atoms with E-state index in [1.165, 1.54) is 6.42 Å². The van der Waals surface area contributed by atoms with Gasteiger partial charge in [-0.3, -0.25) is 0 Å². The molecule has 0 aliphatic rings. The van der Waals surface area contributed by atoms with Crippen LogP contribution in [0.4, 0.5) is 5.82 Å². The molecule has 22 heavy (non-hydrogen) atoms. The maximum Gasteiger partial charge on any atom is 0.218 e. The summed E-state index contributed by atoms with van der Waals surface area (Å²) >= 11 is 0. The molecule has 1 aromatic heterocycles. The lowest BCUT2D eigenvalue weighted by molar-refractivity contribution is 0.143. The number of hydrogen-bond donors (Lipinski definition) is 1. The summed E-state index contributed by atoms with van der Waals surface area (Å²) in [6.07, 6.45) is 2.31. The molecule has 0 spiro atoms. The van der Waals surface area contributed by atoms with Gasteiger partial charge in [-0.25, -0.2) is 4.98 Å². The first-order valence-electron chi connectivity index (χ1n) is 8.13. The van der Waals surface area contributed by atoms with Gasteiger partial charge >= 0.3 is 0 Å². The van der Waals surface area contributed by atoms with Gasteiger partial charge in [0, 0.05) is 19.7 Å². The minimum atomic E-state index is 0.496. The summed E-state index contributed by atoms with van der Waals surface area (Å²) in [4.78, 5) is 11.1. The van der Waals surface area contributed by atoms with E-state index in [9.17, 15) is 0 Å². The van der Waals surface area contributed by atoms with Crippen molar-refractivity contribution < 1.29 is 9.47 Å². The van der Waals surface area contributed by atoms with Crippen molar-refractivity contribution in [1.82, 2.24) is 14.9 Å². The molecule has 0 bridgehead atoms. The summed E-state index contributed by atoms with van der Waals surface area (Å²) in [6.45, 7) is 11.6. The van der Waals surface area contributed by atoms with Crippen LogP contribution in [0.1, 0.15) is 32.5 Å². The normalized spacial score (nSPS) is 11.0. The maximum absolute atomic E-state index is 5.53. The van der Waals surface area contributed by atoms with Crippen LogP contribution < -0.4 is 10.1 Å². The van der Waals surface area contributed by atoms with Crippen molar-refractivity contribution in [2.45, 2.75) is 33.6 Å². The number of rotatable bonds is 12. The average molecular weight is 310 g/mol. The SMILES string of the molecule is CCN(CC)CCCCNc1cc(OCCOC)nc(C)n1. The third kappa shape index (κ3) is 7.56. The number of nitrogens with zero attached hydrogens (tertiary/aromatic N) is 3. The first-order valence-corrected chi connectivity index (χ1v) is 8.13. The van der Waals surface area contributed by atoms with Crippen LogP contribution >= 0.6 is 0 Å². The summed E-state index contributed by atoms with van der Waals surface area (Å²) < 4.78 is 10.5. The maximum atomic E-state index is 5.53. The van der Waals surface area contributed by atoms with Crippen LogP contribution in [0.15, 0.2) is 6.07 Å². The number of anilines is 1. The second-order valence-electron chi connectivity index (χ2n) is 5.14. The van der Waals surface area contributed by atoms with Crippen molar-refractivity contribution in [3.63, 3.8) is 0 Å². The minimum Gasteiger partial charge on any atom is -0.475 e. The highest BCUT2D eigenvalue weighted by Gasteiger charge is 2.03. The van der Waals surface area contributed by atoms with Gasteiger partial charge in [-0.1, -0.05) is 13.8 Å². The van der Waals surface area contributed by atoms with E-state index in [2.05, 4.69) is 34.0 Å². The molecular formula is C16H30N4O2. The Kier molecular flexibility index (Phi) is 9.50. The van der Waals surface area contributed by atoms with E-state index in [-0.39, 0.29) is 0 Å². The van der Waals surface area contributed by atoms with E-state index >= 15 is 0 Å². The molecule has 6 heteroatoms. The molecular weight excluding hydrogens is 280 g/mol. The Morgan fingerprint density at radius 3 is 2.59 bits per heavy atom. The van der Waals surface area contributed by atoms with E-state index in [4.69, 9.17) is 9.47 Å². The van der Waals surface area contributed by atoms with Crippen LogP contribution in [0.2, 0.25) is 0 Å². The summed E-state index contributed by atoms with van der Waals surface area (Å²) in [5.41, 5.74) is 0. The molecule has 0 amide bonds. The van der Waals surface area contributed by atoms with E-state index in [1.807, 2.05) is 13.0 Å². The Morgan fingerprint density at radius 1 is 1.14 bits per heavy atom. The van der Waals surface area contributed by atoms with Gasteiger partial charge in [-0.2, -0.15) is 4.98 Å². The van der Waals surface area contributed by atoms with Gasteiger partial charge in [-0.15, -0.1) is 0 Å². The van der Waals surface area contributed by atoms with Crippen molar-refractivity contribution in [3.05, 3.63) is 11.9 Å². The molecule has 0 aliphatic heterocycles. The zero-order chi connectivity index (χ0) is 16.2. The summed E-state index contributed by atoms with van der Waals surface area (Å²) in [6, 6.07) is 1.84. The molecule has 0 saturated heterocycles. The molecule has 1 aromatic rings. The molecule has 0 atom stereocenters. The number of aryl methyl sites for hydroxylation is 1. The van der Waals surface area contributed by atoms with Gasteiger partial charge in [0.25, 0.3) is 0 Å². The summed E-state index contributed by atoms with van der Waals surface area (Å²) in [5, 5.41) is 3.35. The topological polar surface area (TPSA) is 59.5 Å². The monoisotopic (exact) mass is 310 g/mol. The quantitative estimate of drug-likeness (QED) is 0.598. The van der Waals surface area contributed by atoms with Crippen LogP contribution in [0, 0.1) is 6.92 Å². The number of aromatic nitrogens is 2. The highest BCUT2D eigenvalue weighted by atomic mass is 16.5. The molecule has 0 unspecified atom stereocenters. The fraction of sp³-hybridized carbons (Fsp3) is 0.750. The Bertz CT molecular complexity index is 411. The standard InChI is InChI=1S/C16H30N4O2/c1-5-20(6-2)10-8-7-9-17-15-13-16(19-14(3)18-15)22-12-11-21-4/h13H,5-12H2,1-4H3,(H,17,18,19). The van der Waals surface area contributed by atoms with Gasteiger partial charge in [0.2, 0.25) is 5.88 Å². The number of unbranched alkanes of at least 4 members (excludes halogenated alkanes) is 1. The van der Waals surface area contributed by atoms with Crippen LogP contribution in [0.3, 0.4) is 0 Å². The lowest BCUT2D eigenvalue weighted by Crippen LogP contribution is -2.24. The number of nitrogens with one attached hydrogen (secondary N) is 1. The second kappa shape index (κ2) is 11.2. The van der Waals surface area contributed by atoms with Crippen LogP contribution in [-0.2, 0) is 4.74 Å². The van der Waals surface area contributed by atoms with E-state index in [1.54, 1.807) is 7.11 Å². The molecule has 0 aliphatic carbocycles. The third-order valence-electron chi connectivity index (χ3n) is 3.45. The van der Waals surface area contributed by atoms with Crippen molar-refractivity contribution in [3.8, 4) is 5.88 Å². The van der Waals surface area contributed by atoms with Gasteiger partial charge in [0.05, 0.1) is 6.61 Å². The van der Waals surface area contributed by atoms with Crippen LogP contribution in [0.5, 0.6) is 5.88 Å². The van der Waals surface area contributed by atoms with Crippen molar-refractivity contribution in [2.75, 3.05) is 51.8 Å². The van der Waals surface area contributed by atoms with E-state index in [0.717, 1.165) is 38.4 Å². The summed E-state index contributed by atoms with van der Waals surface area (Å²) in [5.74, 6) is 2.12. The van der Waals surface area contributed by atoms with Crippen molar-refractivity contribution in [1.29, 1.82) is 0 Å². The lowest BCUT2D eigenvalue weighted by atomic mass is 10.3. The van der Waals surface area contributed by atoms with Crippen LogP contribution in [0.25, 0.3) is 0 Å². The molecule has 1 heterocycles. The predicted molar refractivity (Wildman–Crippen MR) is 89.7 cm³/mol. The Hall–Kier alpha value is -1.40. The number of ether oxygens (including phenoxy) is 2. The molecule has 0 radical (unpaired) electrons. The van der Waals surface area contributed by atoms with Crippen molar-refractivity contribution >= 4 is 5.82 Å². The lowest BCUT2D eigenvalue weighted by Gasteiger charge is -2.17. The molecule has 6 nitrogen and oxygen atoms in total. The highest BCUT2D eigenvalue weighted by molar-refractivity contribution is 5.38. The zero-order valence-electron chi connectivity index (χ0n) is 14.4. The Morgan fingerprint density at radius 2 is 1.91 bits per heavy atom. The fourth-order valence-corrected chi connectivity index (χ4v) is 2.15. The minimum absolute atomic E-state index is 0.496. The van der Waals surface area contributed by atoms with Crippen LogP contribution in [-0.4, -0.2) is 61.4 Å². The number of methoxy groups -OCH3 is 1. The van der Waals surface area contributed by atoms with Gasteiger partial charge in [0.1, 0.15) is 18.2 Å². The first-order chi connectivity index (χ1) is 10.7. The molecule has 1 N–H and O–H groups in total. The third-order valence-corrected chi connectivity index (χ3v) is 3.45. The molecule has 0 aromatic carbocycles. The largest absolute Gasteiger partial charge is 0.475 e. The first kappa shape index (κ1) is 18.6. The highest BCUT2D eigenvalue weighted by Crippen LogP contribution is 2.13. The smallest absolute Gasteiger partial charge is 0.218 e. The zero-order valence-corrected chi connectivity index (χ0v) is 14.4. The number of hydrogen-bond acceptors (Lipinski definition) is 6. The predicted octanol–water partition coefficient (Wildman–Crippen LogP) is 2.34. The Balaban J connectivity index is 2.32. The summed E-state index contributed by atoms with van der Waals surface area (Å²) in [7, 11) is 1.65. The second-order valence-corrected chi connectivity index (χ2v) is 5.14. The Labute approximate surface area is 134 Å².